The van der Waals surface area contributed by atoms with Gasteiger partial charge < -0.3 is 11.1 Å². The van der Waals surface area contributed by atoms with Crippen LogP contribution in [0.4, 0.5) is 25.8 Å². The summed E-state index contributed by atoms with van der Waals surface area (Å²) < 4.78 is 27.5. The number of rotatable bonds is 2. The van der Waals surface area contributed by atoms with Gasteiger partial charge in [-0.3, -0.25) is 0 Å². The van der Waals surface area contributed by atoms with Crippen molar-refractivity contribution in [3.8, 4) is 0 Å². The number of nitrogens with one attached hydrogen (secondary N) is 1. The first kappa shape index (κ1) is 13.9. The fraction of sp³-hybridized carbons (Fsp3) is 0.0769. The zero-order chi connectivity index (χ0) is 14.2. The van der Waals surface area contributed by atoms with Crippen LogP contribution in [-0.4, -0.2) is 0 Å². The highest BCUT2D eigenvalue weighted by atomic mass is 35.5. The number of benzene rings is 2. The predicted molar refractivity (Wildman–Crippen MR) is 75.3 cm³/mol. The molecule has 2 rings (SSSR count). The van der Waals surface area contributed by atoms with Gasteiger partial charge in [0.05, 0.1) is 15.7 Å². The van der Waals surface area contributed by atoms with Gasteiger partial charge in [-0.05, 0) is 30.7 Å². The third kappa shape index (κ3) is 2.74. The molecular formula is C13H10Cl2F2N2. The van der Waals surface area contributed by atoms with E-state index in [1.807, 2.05) is 0 Å². The van der Waals surface area contributed by atoms with Gasteiger partial charge in [-0.15, -0.1) is 0 Å². The molecule has 0 aliphatic rings. The normalized spacial score (nSPS) is 10.6. The van der Waals surface area contributed by atoms with Crippen LogP contribution in [0.5, 0.6) is 0 Å². The lowest BCUT2D eigenvalue weighted by molar-refractivity contribution is 0.585. The van der Waals surface area contributed by atoms with Crippen LogP contribution in [0.25, 0.3) is 0 Å². The lowest BCUT2D eigenvalue weighted by Gasteiger charge is -2.13. The van der Waals surface area contributed by atoms with E-state index in [0.717, 1.165) is 0 Å². The van der Waals surface area contributed by atoms with Gasteiger partial charge in [0, 0.05) is 5.69 Å². The van der Waals surface area contributed by atoms with E-state index in [4.69, 9.17) is 28.9 Å². The highest BCUT2D eigenvalue weighted by molar-refractivity contribution is 6.39. The van der Waals surface area contributed by atoms with Crippen molar-refractivity contribution in [3.63, 3.8) is 0 Å². The molecule has 0 saturated carbocycles. The molecule has 6 heteroatoms. The summed E-state index contributed by atoms with van der Waals surface area (Å²) in [7, 11) is 0. The maximum atomic E-state index is 13.9. The Hall–Kier alpha value is -1.52. The van der Waals surface area contributed by atoms with Crippen LogP contribution in [0.15, 0.2) is 24.3 Å². The van der Waals surface area contributed by atoms with Crippen molar-refractivity contribution in [3.05, 3.63) is 51.5 Å². The van der Waals surface area contributed by atoms with Gasteiger partial charge >= 0.3 is 0 Å². The van der Waals surface area contributed by atoms with E-state index in [1.54, 1.807) is 0 Å². The van der Waals surface area contributed by atoms with Crippen molar-refractivity contribution in [2.24, 2.45) is 0 Å². The first-order chi connectivity index (χ1) is 8.90. The number of halogens is 4. The molecule has 0 aromatic heterocycles. The topological polar surface area (TPSA) is 38.0 Å². The third-order valence-corrected chi connectivity index (χ3v) is 3.19. The van der Waals surface area contributed by atoms with Gasteiger partial charge in [-0.25, -0.2) is 8.78 Å². The Labute approximate surface area is 119 Å². The average Bonchev–Trinajstić information content (AvgIpc) is 2.32. The zero-order valence-electron chi connectivity index (χ0n) is 9.90. The van der Waals surface area contributed by atoms with Gasteiger partial charge in [0.15, 0.2) is 5.82 Å². The summed E-state index contributed by atoms with van der Waals surface area (Å²) in [6.07, 6.45) is 0. The second-order valence-electron chi connectivity index (χ2n) is 4.04. The van der Waals surface area contributed by atoms with Crippen molar-refractivity contribution in [1.29, 1.82) is 0 Å². The highest BCUT2D eigenvalue weighted by Gasteiger charge is 2.15. The van der Waals surface area contributed by atoms with E-state index in [0.29, 0.717) is 11.3 Å². The van der Waals surface area contributed by atoms with Gasteiger partial charge in [0.2, 0.25) is 0 Å². The van der Waals surface area contributed by atoms with E-state index in [9.17, 15) is 8.78 Å². The summed E-state index contributed by atoms with van der Waals surface area (Å²) in [6, 6.07) is 5.41. The maximum Gasteiger partial charge on any atom is 0.152 e. The Balaban J connectivity index is 2.51. The number of nitrogen functional groups attached to an aromatic ring is 1. The molecule has 0 aliphatic carbocycles. The van der Waals surface area contributed by atoms with Gasteiger partial charge in [-0.2, -0.15) is 0 Å². The molecule has 100 valence electrons. The second kappa shape index (κ2) is 5.23. The van der Waals surface area contributed by atoms with Crippen LogP contribution in [0.2, 0.25) is 10.0 Å². The Kier molecular flexibility index (Phi) is 3.83. The zero-order valence-corrected chi connectivity index (χ0v) is 11.4. The summed E-state index contributed by atoms with van der Waals surface area (Å²) in [5.41, 5.74) is 6.15. The van der Waals surface area contributed by atoms with E-state index in [1.165, 1.54) is 31.2 Å². The molecular weight excluding hydrogens is 293 g/mol. The molecule has 0 heterocycles. The molecule has 2 nitrogen and oxygen atoms in total. The third-order valence-electron chi connectivity index (χ3n) is 2.60. The molecule has 2 aromatic rings. The molecule has 0 fully saturated rings. The van der Waals surface area contributed by atoms with Crippen molar-refractivity contribution < 1.29 is 8.78 Å². The second-order valence-corrected chi connectivity index (χ2v) is 4.85. The van der Waals surface area contributed by atoms with Crippen molar-refractivity contribution in [2.45, 2.75) is 6.92 Å². The Bertz CT molecular complexity index is 622. The van der Waals surface area contributed by atoms with Crippen LogP contribution in [0, 0.1) is 18.6 Å². The lowest BCUT2D eigenvalue weighted by atomic mass is 10.2. The molecule has 19 heavy (non-hydrogen) atoms. The largest absolute Gasteiger partial charge is 0.399 e. The van der Waals surface area contributed by atoms with E-state index in [-0.39, 0.29) is 21.4 Å². The summed E-state index contributed by atoms with van der Waals surface area (Å²) in [5.74, 6) is -1.42. The summed E-state index contributed by atoms with van der Waals surface area (Å²) >= 11 is 11.9. The van der Waals surface area contributed by atoms with Gasteiger partial charge in [0.1, 0.15) is 11.5 Å². The Morgan fingerprint density at radius 1 is 1.05 bits per heavy atom. The number of anilines is 3. The SMILES string of the molecule is Cc1ccc(F)c(Nc2c(Cl)cc(N)cc2Cl)c1F. The van der Waals surface area contributed by atoms with Crippen molar-refractivity contribution >= 4 is 40.3 Å². The molecule has 0 atom stereocenters. The monoisotopic (exact) mass is 302 g/mol. The number of nitrogens with two attached hydrogens (primary N) is 1. The summed E-state index contributed by atoms with van der Waals surface area (Å²) in [4.78, 5) is 0. The summed E-state index contributed by atoms with van der Waals surface area (Å²) in [6.45, 7) is 1.53. The van der Waals surface area contributed by atoms with Crippen LogP contribution < -0.4 is 11.1 Å². The number of hydrogen-bond donors (Lipinski definition) is 2. The first-order valence-electron chi connectivity index (χ1n) is 5.36. The molecule has 0 radical (unpaired) electrons. The minimum Gasteiger partial charge on any atom is -0.399 e. The van der Waals surface area contributed by atoms with E-state index in [2.05, 4.69) is 5.32 Å². The Morgan fingerprint density at radius 3 is 2.21 bits per heavy atom. The molecule has 0 bridgehead atoms. The number of aryl methyl sites for hydroxylation is 1. The minimum atomic E-state index is -0.730. The molecule has 0 unspecified atom stereocenters. The first-order valence-corrected chi connectivity index (χ1v) is 6.12. The quantitative estimate of drug-likeness (QED) is 0.774. The molecule has 2 aromatic carbocycles. The van der Waals surface area contributed by atoms with Crippen molar-refractivity contribution in [2.75, 3.05) is 11.1 Å². The highest BCUT2D eigenvalue weighted by Crippen LogP contribution is 2.36. The lowest BCUT2D eigenvalue weighted by Crippen LogP contribution is -2.01. The van der Waals surface area contributed by atoms with Crippen molar-refractivity contribution in [1.82, 2.24) is 0 Å². The standard InChI is InChI=1S/C13H10Cl2F2N2/c1-6-2-3-10(16)13(11(6)17)19-12-8(14)4-7(18)5-9(12)15/h2-5,19H,18H2,1H3. The fourth-order valence-corrected chi connectivity index (χ4v) is 2.21. The van der Waals surface area contributed by atoms with Gasteiger partial charge in [0.25, 0.3) is 0 Å². The smallest absolute Gasteiger partial charge is 0.152 e. The van der Waals surface area contributed by atoms with E-state index < -0.39 is 11.6 Å². The predicted octanol–water partition coefficient (Wildman–Crippen LogP) is 4.91. The molecule has 0 spiro atoms. The number of hydrogen-bond acceptors (Lipinski definition) is 2. The molecule has 0 saturated heterocycles. The molecule has 0 aliphatic heterocycles. The summed E-state index contributed by atoms with van der Waals surface area (Å²) in [5, 5.41) is 2.95. The van der Waals surface area contributed by atoms with Crippen LogP contribution >= 0.6 is 23.2 Å². The maximum absolute atomic E-state index is 13.9. The van der Waals surface area contributed by atoms with Crippen LogP contribution in [-0.2, 0) is 0 Å². The molecule has 3 N–H and O–H groups in total. The molecule has 0 amide bonds. The fourth-order valence-electron chi connectivity index (χ4n) is 1.61. The Morgan fingerprint density at radius 2 is 1.63 bits per heavy atom. The van der Waals surface area contributed by atoms with Crippen LogP contribution in [0.3, 0.4) is 0 Å². The van der Waals surface area contributed by atoms with E-state index >= 15 is 0 Å². The minimum absolute atomic E-state index is 0.185. The van der Waals surface area contributed by atoms with Crippen LogP contribution in [0.1, 0.15) is 5.56 Å². The van der Waals surface area contributed by atoms with Gasteiger partial charge in [-0.1, -0.05) is 29.3 Å². The average molecular weight is 303 g/mol.